The first-order valence-electron chi connectivity index (χ1n) is 8.77. The third-order valence-electron chi connectivity index (χ3n) is 5.61. The fourth-order valence-corrected chi connectivity index (χ4v) is 4.14. The van der Waals surface area contributed by atoms with Crippen molar-refractivity contribution in [3.63, 3.8) is 0 Å². The number of likely N-dealkylation sites (tertiary alicyclic amines) is 2. The van der Waals surface area contributed by atoms with E-state index in [0.717, 1.165) is 19.4 Å². The SMILES string of the molecule is CN1CC2(CCN(C(=O)[C@H](c3ccccc3F)N(C)C)CC2)CC1=O. The van der Waals surface area contributed by atoms with Crippen molar-refractivity contribution in [2.75, 3.05) is 40.8 Å². The highest BCUT2D eigenvalue weighted by atomic mass is 19.1. The molecule has 0 unspecified atom stereocenters. The van der Waals surface area contributed by atoms with Crippen LogP contribution in [0.15, 0.2) is 24.3 Å². The largest absolute Gasteiger partial charge is 0.345 e. The van der Waals surface area contributed by atoms with E-state index in [0.29, 0.717) is 25.1 Å². The van der Waals surface area contributed by atoms with Gasteiger partial charge in [0.1, 0.15) is 11.9 Å². The predicted octanol–water partition coefficient (Wildman–Crippen LogP) is 1.90. The van der Waals surface area contributed by atoms with E-state index in [1.54, 1.807) is 42.1 Å². The molecular weight excluding hydrogens is 321 g/mol. The molecule has 1 aromatic carbocycles. The summed E-state index contributed by atoms with van der Waals surface area (Å²) in [4.78, 5) is 30.3. The molecule has 136 valence electrons. The number of hydrogen-bond donors (Lipinski definition) is 0. The molecule has 5 nitrogen and oxygen atoms in total. The van der Waals surface area contributed by atoms with Crippen LogP contribution in [0.25, 0.3) is 0 Å². The van der Waals surface area contributed by atoms with Crippen LogP contribution in [0.3, 0.4) is 0 Å². The van der Waals surface area contributed by atoms with Gasteiger partial charge in [-0.3, -0.25) is 14.5 Å². The zero-order valence-electron chi connectivity index (χ0n) is 15.2. The number of carbonyl (C=O) groups is 2. The van der Waals surface area contributed by atoms with Crippen LogP contribution >= 0.6 is 0 Å². The topological polar surface area (TPSA) is 43.9 Å². The fourth-order valence-electron chi connectivity index (χ4n) is 4.14. The highest BCUT2D eigenvalue weighted by Gasteiger charge is 2.45. The lowest BCUT2D eigenvalue weighted by molar-refractivity contribution is -0.138. The molecule has 3 rings (SSSR count). The molecule has 2 amide bonds. The van der Waals surface area contributed by atoms with Gasteiger partial charge in [0.2, 0.25) is 11.8 Å². The maximum absolute atomic E-state index is 14.2. The second kappa shape index (κ2) is 6.75. The molecule has 2 aliphatic rings. The number of rotatable bonds is 3. The van der Waals surface area contributed by atoms with Gasteiger partial charge >= 0.3 is 0 Å². The van der Waals surface area contributed by atoms with Crippen molar-refractivity contribution in [2.45, 2.75) is 25.3 Å². The number of halogens is 1. The fraction of sp³-hybridized carbons (Fsp3) is 0.579. The van der Waals surface area contributed by atoms with Crippen LogP contribution in [0.4, 0.5) is 4.39 Å². The number of carbonyl (C=O) groups excluding carboxylic acids is 2. The van der Waals surface area contributed by atoms with Crippen LogP contribution in [-0.4, -0.2) is 67.3 Å². The highest BCUT2D eigenvalue weighted by Crippen LogP contribution is 2.41. The van der Waals surface area contributed by atoms with Gasteiger partial charge in [-0.15, -0.1) is 0 Å². The summed E-state index contributed by atoms with van der Waals surface area (Å²) in [6, 6.07) is 5.84. The molecule has 2 fully saturated rings. The lowest BCUT2D eigenvalue weighted by Crippen LogP contribution is -2.48. The number of nitrogens with zero attached hydrogens (tertiary/aromatic N) is 3. The van der Waals surface area contributed by atoms with Crippen molar-refractivity contribution in [1.82, 2.24) is 14.7 Å². The Labute approximate surface area is 148 Å². The predicted molar refractivity (Wildman–Crippen MR) is 93.3 cm³/mol. The van der Waals surface area contributed by atoms with Crippen molar-refractivity contribution >= 4 is 11.8 Å². The maximum atomic E-state index is 14.2. The van der Waals surface area contributed by atoms with Crippen molar-refractivity contribution in [1.29, 1.82) is 0 Å². The molecule has 6 heteroatoms. The molecule has 1 atom stereocenters. The van der Waals surface area contributed by atoms with E-state index in [1.165, 1.54) is 6.07 Å². The van der Waals surface area contributed by atoms with Gasteiger partial charge in [-0.2, -0.15) is 0 Å². The van der Waals surface area contributed by atoms with E-state index < -0.39 is 6.04 Å². The number of piperidine rings is 1. The first-order valence-corrected chi connectivity index (χ1v) is 8.77. The molecule has 2 saturated heterocycles. The highest BCUT2D eigenvalue weighted by molar-refractivity contribution is 5.84. The van der Waals surface area contributed by atoms with E-state index in [4.69, 9.17) is 0 Å². The molecule has 25 heavy (non-hydrogen) atoms. The molecule has 0 aliphatic carbocycles. The summed E-state index contributed by atoms with van der Waals surface area (Å²) >= 11 is 0. The monoisotopic (exact) mass is 347 g/mol. The Kier molecular flexibility index (Phi) is 4.82. The van der Waals surface area contributed by atoms with Gasteiger partial charge in [-0.1, -0.05) is 18.2 Å². The van der Waals surface area contributed by atoms with Crippen LogP contribution in [0.5, 0.6) is 0 Å². The van der Waals surface area contributed by atoms with Crippen LogP contribution in [0, 0.1) is 11.2 Å². The minimum atomic E-state index is -0.622. The molecule has 2 aliphatic heterocycles. The maximum Gasteiger partial charge on any atom is 0.244 e. The number of benzene rings is 1. The van der Waals surface area contributed by atoms with E-state index >= 15 is 0 Å². The van der Waals surface area contributed by atoms with Crippen molar-refractivity contribution in [3.8, 4) is 0 Å². The Hall–Kier alpha value is -1.95. The normalized spacial score (nSPS) is 21.2. The molecular formula is C19H26FN3O2. The van der Waals surface area contributed by atoms with Crippen molar-refractivity contribution in [2.24, 2.45) is 5.41 Å². The van der Waals surface area contributed by atoms with Gasteiger partial charge in [0.05, 0.1) is 0 Å². The number of likely N-dealkylation sites (N-methyl/N-ethyl adjacent to an activating group) is 1. The van der Waals surface area contributed by atoms with Gasteiger partial charge < -0.3 is 9.80 Å². The van der Waals surface area contributed by atoms with E-state index in [1.807, 2.05) is 11.9 Å². The zero-order chi connectivity index (χ0) is 18.2. The zero-order valence-corrected chi connectivity index (χ0v) is 15.2. The molecule has 1 spiro atoms. The van der Waals surface area contributed by atoms with Gasteiger partial charge in [-0.25, -0.2) is 4.39 Å². The van der Waals surface area contributed by atoms with Crippen LogP contribution < -0.4 is 0 Å². The standard InChI is InChI=1S/C19H26FN3O2/c1-21(2)17(14-6-4-5-7-15(14)20)18(25)23-10-8-19(9-11-23)12-16(24)22(3)13-19/h4-7,17H,8-13H2,1-3H3/t17-/m0/s1. The summed E-state index contributed by atoms with van der Waals surface area (Å²) < 4.78 is 14.2. The minimum absolute atomic E-state index is 0.00816. The van der Waals surface area contributed by atoms with Crippen LogP contribution in [0.2, 0.25) is 0 Å². The Morgan fingerprint density at radius 1 is 1.24 bits per heavy atom. The summed E-state index contributed by atoms with van der Waals surface area (Å²) in [5, 5.41) is 0. The Morgan fingerprint density at radius 2 is 1.88 bits per heavy atom. The second-order valence-electron chi connectivity index (χ2n) is 7.64. The van der Waals surface area contributed by atoms with Crippen LogP contribution in [-0.2, 0) is 9.59 Å². The summed E-state index contributed by atoms with van der Waals surface area (Å²) in [5.41, 5.74) is 0.419. The molecule has 0 radical (unpaired) electrons. The average Bonchev–Trinajstić information content (AvgIpc) is 2.83. The molecule has 0 bridgehead atoms. The average molecular weight is 347 g/mol. The first-order chi connectivity index (χ1) is 11.8. The smallest absolute Gasteiger partial charge is 0.244 e. The van der Waals surface area contributed by atoms with Gasteiger partial charge in [0, 0.05) is 44.1 Å². The summed E-state index contributed by atoms with van der Waals surface area (Å²) in [7, 11) is 5.44. The minimum Gasteiger partial charge on any atom is -0.345 e. The van der Waals surface area contributed by atoms with Crippen LogP contribution in [0.1, 0.15) is 30.9 Å². The molecule has 0 N–H and O–H groups in total. The van der Waals surface area contributed by atoms with E-state index in [-0.39, 0.29) is 23.0 Å². The number of hydrogen-bond acceptors (Lipinski definition) is 3. The lowest BCUT2D eigenvalue weighted by atomic mass is 9.77. The van der Waals surface area contributed by atoms with Gasteiger partial charge in [0.15, 0.2) is 0 Å². The molecule has 1 aromatic rings. The third-order valence-corrected chi connectivity index (χ3v) is 5.61. The third kappa shape index (κ3) is 3.40. The quantitative estimate of drug-likeness (QED) is 0.839. The molecule has 2 heterocycles. The van der Waals surface area contributed by atoms with E-state index in [9.17, 15) is 14.0 Å². The molecule has 0 saturated carbocycles. The Bertz CT molecular complexity index is 668. The lowest BCUT2D eigenvalue weighted by Gasteiger charge is -2.40. The second-order valence-corrected chi connectivity index (χ2v) is 7.64. The first kappa shape index (κ1) is 17.9. The summed E-state index contributed by atoms with van der Waals surface area (Å²) in [6.07, 6.45) is 2.23. The molecule has 0 aromatic heterocycles. The van der Waals surface area contributed by atoms with Gasteiger partial charge in [0.25, 0.3) is 0 Å². The number of amides is 2. The Morgan fingerprint density at radius 3 is 2.40 bits per heavy atom. The van der Waals surface area contributed by atoms with Gasteiger partial charge in [-0.05, 0) is 33.0 Å². The van der Waals surface area contributed by atoms with Crippen molar-refractivity contribution in [3.05, 3.63) is 35.6 Å². The summed E-state index contributed by atoms with van der Waals surface area (Å²) in [5.74, 6) is -0.231. The summed E-state index contributed by atoms with van der Waals surface area (Å²) in [6.45, 7) is 2.02. The van der Waals surface area contributed by atoms with Crippen molar-refractivity contribution < 1.29 is 14.0 Å². The Balaban J connectivity index is 1.73. The van der Waals surface area contributed by atoms with E-state index in [2.05, 4.69) is 0 Å².